The molecular formula is C18H27NO5. The van der Waals surface area contributed by atoms with Gasteiger partial charge < -0.3 is 14.6 Å². The van der Waals surface area contributed by atoms with Gasteiger partial charge in [0.25, 0.3) is 0 Å². The van der Waals surface area contributed by atoms with Crippen molar-refractivity contribution in [2.45, 2.75) is 57.8 Å². The zero-order chi connectivity index (χ0) is 17.5. The molecule has 134 valence electrons. The summed E-state index contributed by atoms with van der Waals surface area (Å²) < 4.78 is 11.3. The summed E-state index contributed by atoms with van der Waals surface area (Å²) in [5, 5.41) is 10.6. The van der Waals surface area contributed by atoms with E-state index >= 15 is 0 Å². The molecule has 0 aromatic rings. The quantitative estimate of drug-likeness (QED) is 0.530. The minimum atomic E-state index is -1.62. The molecule has 0 unspecified atom stereocenters. The number of nitrogens with zero attached hydrogens (tertiary/aromatic N) is 1. The molecule has 3 rings (SSSR count). The van der Waals surface area contributed by atoms with Gasteiger partial charge in [-0.15, -0.1) is 0 Å². The Morgan fingerprint density at radius 1 is 1.29 bits per heavy atom. The van der Waals surface area contributed by atoms with Gasteiger partial charge in [-0.25, -0.2) is 9.59 Å². The second-order valence-corrected chi connectivity index (χ2v) is 7.47. The molecule has 3 fully saturated rings. The third-order valence-electron chi connectivity index (χ3n) is 5.97. The molecule has 6 nitrogen and oxygen atoms in total. The zero-order valence-corrected chi connectivity index (χ0v) is 14.7. The van der Waals surface area contributed by atoms with Crippen molar-refractivity contribution in [3.05, 3.63) is 11.6 Å². The fourth-order valence-corrected chi connectivity index (χ4v) is 4.11. The normalized spacial score (nSPS) is 42.9. The minimum absolute atomic E-state index is 0.113. The van der Waals surface area contributed by atoms with Gasteiger partial charge in [0.15, 0.2) is 5.60 Å². The molecule has 0 saturated carbocycles. The number of carbonyl (C=O) groups is 2. The van der Waals surface area contributed by atoms with E-state index in [0.717, 1.165) is 25.9 Å². The number of aliphatic hydroxyl groups is 1. The third-order valence-corrected chi connectivity index (χ3v) is 5.97. The van der Waals surface area contributed by atoms with Crippen molar-refractivity contribution in [2.24, 2.45) is 11.8 Å². The Kier molecular flexibility index (Phi) is 4.71. The van der Waals surface area contributed by atoms with Crippen molar-refractivity contribution in [2.75, 3.05) is 19.7 Å². The maximum absolute atomic E-state index is 12.6. The van der Waals surface area contributed by atoms with Crippen LogP contribution in [0, 0.1) is 11.8 Å². The number of allylic oxidation sites excluding steroid dienone is 1. The summed E-state index contributed by atoms with van der Waals surface area (Å²) in [5.74, 6) is -1.23. The molecule has 6 heteroatoms. The standard InChI is InChI=1S/C18H27NO5/c1-4-12-9-11(2)18(3,22)17(21)23-10-13-5-7-19-8-6-14(15(13)19)24-16(12)20/h4,11,13-15,22H,5-10H2,1-3H3/b12-4-/t11-,13+,14-,15-,18-/m1/s1. The van der Waals surface area contributed by atoms with Crippen molar-refractivity contribution < 1.29 is 24.2 Å². The Hall–Kier alpha value is -1.40. The van der Waals surface area contributed by atoms with Crippen molar-refractivity contribution in [1.29, 1.82) is 0 Å². The maximum atomic E-state index is 12.6. The zero-order valence-electron chi connectivity index (χ0n) is 14.7. The topological polar surface area (TPSA) is 76.1 Å². The molecule has 0 bridgehead atoms. The Bertz CT molecular complexity index is 556. The van der Waals surface area contributed by atoms with Gasteiger partial charge in [-0.1, -0.05) is 13.0 Å². The van der Waals surface area contributed by atoms with Gasteiger partial charge in [-0.3, -0.25) is 4.90 Å². The highest BCUT2D eigenvalue weighted by Gasteiger charge is 2.48. The summed E-state index contributed by atoms with van der Waals surface area (Å²) >= 11 is 0. The number of cyclic esters (lactones) is 1. The molecule has 0 spiro atoms. The van der Waals surface area contributed by atoms with Crippen LogP contribution >= 0.6 is 0 Å². The number of ether oxygens (including phenoxy) is 2. The van der Waals surface area contributed by atoms with Gasteiger partial charge in [0.1, 0.15) is 6.10 Å². The number of rotatable bonds is 0. The molecule has 3 aliphatic heterocycles. The third kappa shape index (κ3) is 2.97. The minimum Gasteiger partial charge on any atom is -0.463 e. The fraction of sp³-hybridized carbons (Fsp3) is 0.778. The predicted molar refractivity (Wildman–Crippen MR) is 87.1 cm³/mol. The van der Waals surface area contributed by atoms with Gasteiger partial charge in [-0.05, 0) is 45.6 Å². The molecule has 3 heterocycles. The number of hydrogen-bond acceptors (Lipinski definition) is 6. The molecule has 0 amide bonds. The van der Waals surface area contributed by atoms with E-state index in [1.54, 1.807) is 19.9 Å². The number of hydrogen-bond donors (Lipinski definition) is 1. The van der Waals surface area contributed by atoms with Crippen molar-refractivity contribution in [3.8, 4) is 0 Å². The van der Waals surface area contributed by atoms with Crippen LogP contribution in [0.5, 0.6) is 0 Å². The first-order valence-electron chi connectivity index (χ1n) is 8.84. The lowest BCUT2D eigenvalue weighted by molar-refractivity contribution is -0.172. The van der Waals surface area contributed by atoms with E-state index < -0.39 is 17.5 Å². The first-order valence-corrected chi connectivity index (χ1v) is 8.84. The molecule has 0 aromatic carbocycles. The highest BCUT2D eigenvalue weighted by atomic mass is 16.6. The summed E-state index contributed by atoms with van der Waals surface area (Å²) in [6.45, 7) is 7.11. The smallest absolute Gasteiger partial charge is 0.338 e. The van der Waals surface area contributed by atoms with Gasteiger partial charge in [-0.2, -0.15) is 0 Å². The average Bonchev–Trinajstić information content (AvgIpc) is 3.12. The molecule has 3 saturated heterocycles. The van der Waals surface area contributed by atoms with Crippen LogP contribution < -0.4 is 0 Å². The molecule has 3 aliphatic rings. The molecule has 1 N–H and O–H groups in total. The van der Waals surface area contributed by atoms with E-state index in [-0.39, 0.29) is 37.1 Å². The monoisotopic (exact) mass is 337 g/mol. The van der Waals surface area contributed by atoms with Crippen LogP contribution in [0.1, 0.15) is 40.0 Å². The molecule has 24 heavy (non-hydrogen) atoms. The number of carbonyl (C=O) groups excluding carboxylic acids is 2. The summed E-state index contributed by atoms with van der Waals surface area (Å²) in [5.41, 5.74) is -1.12. The molecule has 0 aliphatic carbocycles. The van der Waals surface area contributed by atoms with Crippen LogP contribution in [-0.2, 0) is 19.1 Å². The van der Waals surface area contributed by atoms with Gasteiger partial charge in [0.2, 0.25) is 0 Å². The largest absolute Gasteiger partial charge is 0.463 e. The van der Waals surface area contributed by atoms with Crippen molar-refractivity contribution >= 4 is 11.9 Å². The van der Waals surface area contributed by atoms with Crippen LogP contribution in [0.3, 0.4) is 0 Å². The molecule has 0 aromatic heterocycles. The second-order valence-electron chi connectivity index (χ2n) is 7.47. The van der Waals surface area contributed by atoms with E-state index in [9.17, 15) is 14.7 Å². The van der Waals surface area contributed by atoms with Crippen LogP contribution in [-0.4, -0.2) is 59.4 Å². The van der Waals surface area contributed by atoms with Crippen LogP contribution in [0.25, 0.3) is 0 Å². The lowest BCUT2D eigenvalue weighted by Gasteiger charge is -2.32. The molecule has 5 atom stereocenters. The maximum Gasteiger partial charge on any atom is 0.338 e. The second kappa shape index (κ2) is 6.48. The van der Waals surface area contributed by atoms with E-state index in [0.29, 0.717) is 5.57 Å². The highest BCUT2D eigenvalue weighted by Crippen LogP contribution is 2.36. The summed E-state index contributed by atoms with van der Waals surface area (Å²) in [4.78, 5) is 27.3. The Morgan fingerprint density at radius 3 is 2.71 bits per heavy atom. The average molecular weight is 337 g/mol. The van der Waals surface area contributed by atoms with Crippen molar-refractivity contribution in [1.82, 2.24) is 4.90 Å². The van der Waals surface area contributed by atoms with Gasteiger partial charge >= 0.3 is 11.9 Å². The molecular weight excluding hydrogens is 310 g/mol. The summed E-state index contributed by atoms with van der Waals surface area (Å²) in [6.07, 6.45) is 3.59. The van der Waals surface area contributed by atoms with Crippen LogP contribution in [0.15, 0.2) is 11.6 Å². The van der Waals surface area contributed by atoms with Gasteiger partial charge in [0.05, 0.1) is 12.6 Å². The Labute approximate surface area is 142 Å². The SMILES string of the molecule is C/C=C1/C[C@@H](C)[C@@](C)(O)C(=O)OC[C@@H]2CCN3CC[C@@H](OC1=O)[C@@H]23. The van der Waals surface area contributed by atoms with E-state index in [4.69, 9.17) is 9.47 Å². The summed E-state index contributed by atoms with van der Waals surface area (Å²) in [6, 6.07) is 0.113. The molecule has 0 radical (unpaired) electrons. The first kappa shape index (κ1) is 17.4. The Balaban J connectivity index is 1.89. The van der Waals surface area contributed by atoms with Crippen molar-refractivity contribution in [3.63, 3.8) is 0 Å². The summed E-state index contributed by atoms with van der Waals surface area (Å²) in [7, 11) is 0. The lowest BCUT2D eigenvalue weighted by atomic mass is 9.85. The lowest BCUT2D eigenvalue weighted by Crippen LogP contribution is -2.46. The van der Waals surface area contributed by atoms with Crippen LogP contribution in [0.4, 0.5) is 0 Å². The van der Waals surface area contributed by atoms with Crippen LogP contribution in [0.2, 0.25) is 0 Å². The highest BCUT2D eigenvalue weighted by molar-refractivity contribution is 5.89. The van der Waals surface area contributed by atoms with E-state index in [1.165, 1.54) is 6.92 Å². The Morgan fingerprint density at radius 2 is 2.00 bits per heavy atom. The predicted octanol–water partition coefficient (Wildman–Crippen LogP) is 1.27. The number of esters is 2. The van der Waals surface area contributed by atoms with E-state index in [2.05, 4.69) is 4.90 Å². The van der Waals surface area contributed by atoms with E-state index in [1.807, 2.05) is 0 Å². The van der Waals surface area contributed by atoms with Gasteiger partial charge in [0, 0.05) is 18.0 Å². The fourth-order valence-electron chi connectivity index (χ4n) is 4.11. The first-order chi connectivity index (χ1) is 11.3.